The highest BCUT2D eigenvalue weighted by Crippen LogP contribution is 2.21. The average molecular weight is 351 g/mol. The predicted molar refractivity (Wildman–Crippen MR) is 91.8 cm³/mol. The number of nitrogens with one attached hydrogen (secondary N) is 2. The van der Waals surface area contributed by atoms with Crippen LogP contribution in [0.2, 0.25) is 5.02 Å². The van der Waals surface area contributed by atoms with Gasteiger partial charge in [-0.25, -0.2) is 4.79 Å². The summed E-state index contributed by atoms with van der Waals surface area (Å²) in [6.45, 7) is 3.89. The zero-order valence-corrected chi connectivity index (χ0v) is 14.5. The van der Waals surface area contributed by atoms with E-state index < -0.39 is 5.97 Å². The molecule has 6 nitrogen and oxygen atoms in total. The van der Waals surface area contributed by atoms with Crippen molar-refractivity contribution in [2.45, 2.75) is 13.8 Å². The van der Waals surface area contributed by atoms with Crippen molar-refractivity contribution in [3.05, 3.63) is 51.8 Å². The van der Waals surface area contributed by atoms with E-state index in [-0.39, 0.29) is 12.5 Å². The fourth-order valence-corrected chi connectivity index (χ4v) is 2.52. The summed E-state index contributed by atoms with van der Waals surface area (Å²) in [4.78, 5) is 27.5. The van der Waals surface area contributed by atoms with E-state index in [4.69, 9.17) is 21.1 Å². The highest BCUT2D eigenvalue weighted by atomic mass is 35.5. The van der Waals surface area contributed by atoms with Gasteiger partial charge in [-0.1, -0.05) is 17.7 Å². The lowest BCUT2D eigenvalue weighted by atomic mass is 10.1. The van der Waals surface area contributed by atoms with Crippen LogP contribution in [0.1, 0.15) is 32.1 Å². The Morgan fingerprint density at radius 1 is 1.25 bits per heavy atom. The second kappa shape index (κ2) is 7.99. The molecule has 0 spiro atoms. The van der Waals surface area contributed by atoms with Gasteiger partial charge in [-0.05, 0) is 37.6 Å². The first-order chi connectivity index (χ1) is 11.4. The first kappa shape index (κ1) is 18.0. The Morgan fingerprint density at radius 3 is 2.67 bits per heavy atom. The van der Waals surface area contributed by atoms with Crippen molar-refractivity contribution >= 4 is 29.2 Å². The summed E-state index contributed by atoms with van der Waals surface area (Å²) in [6, 6.07) is 6.83. The van der Waals surface area contributed by atoms with E-state index in [2.05, 4.69) is 10.3 Å². The predicted octanol–water partition coefficient (Wildman–Crippen LogP) is 3.34. The molecule has 24 heavy (non-hydrogen) atoms. The molecule has 1 aromatic carbocycles. The standard InChI is InChI=1S/C17H19ClN2O4/c1-10-14(17(22)24-8-7-23-3)11(2)19-15(10)16(21)20-13-6-4-5-12(18)9-13/h4-6,9,19H,7-8H2,1-3H3,(H,20,21). The van der Waals surface area contributed by atoms with Crippen molar-refractivity contribution in [3.63, 3.8) is 0 Å². The maximum absolute atomic E-state index is 12.4. The molecule has 0 saturated heterocycles. The van der Waals surface area contributed by atoms with Gasteiger partial charge in [0, 0.05) is 23.5 Å². The summed E-state index contributed by atoms with van der Waals surface area (Å²) in [6.07, 6.45) is 0. The lowest BCUT2D eigenvalue weighted by Gasteiger charge is -2.06. The molecule has 0 radical (unpaired) electrons. The third-order valence-electron chi connectivity index (χ3n) is 3.47. The normalized spacial score (nSPS) is 10.5. The molecule has 0 fully saturated rings. The molecule has 0 bridgehead atoms. The van der Waals surface area contributed by atoms with E-state index in [0.717, 1.165) is 0 Å². The number of rotatable bonds is 6. The van der Waals surface area contributed by atoms with Crippen LogP contribution in [0, 0.1) is 13.8 Å². The largest absolute Gasteiger partial charge is 0.460 e. The first-order valence-electron chi connectivity index (χ1n) is 7.36. The number of hydrogen-bond acceptors (Lipinski definition) is 4. The maximum atomic E-state index is 12.4. The van der Waals surface area contributed by atoms with Gasteiger partial charge in [-0.3, -0.25) is 4.79 Å². The molecule has 0 atom stereocenters. The Morgan fingerprint density at radius 2 is 2.00 bits per heavy atom. The molecule has 0 unspecified atom stereocenters. The number of benzene rings is 1. The number of methoxy groups -OCH3 is 1. The number of carbonyl (C=O) groups is 2. The molecule has 128 valence electrons. The highest BCUT2D eigenvalue weighted by Gasteiger charge is 2.23. The smallest absolute Gasteiger partial charge is 0.340 e. The highest BCUT2D eigenvalue weighted by molar-refractivity contribution is 6.31. The molecule has 2 rings (SSSR count). The number of hydrogen-bond donors (Lipinski definition) is 2. The fourth-order valence-electron chi connectivity index (χ4n) is 2.33. The van der Waals surface area contributed by atoms with E-state index in [0.29, 0.717) is 39.8 Å². The van der Waals surface area contributed by atoms with Crippen molar-refractivity contribution in [1.29, 1.82) is 0 Å². The van der Waals surface area contributed by atoms with E-state index in [1.165, 1.54) is 7.11 Å². The summed E-state index contributed by atoms with van der Waals surface area (Å²) in [7, 11) is 1.53. The van der Waals surface area contributed by atoms with Crippen LogP contribution < -0.4 is 5.32 Å². The summed E-state index contributed by atoms with van der Waals surface area (Å²) in [5.41, 5.74) is 2.36. The SMILES string of the molecule is COCCOC(=O)c1c(C)[nH]c(C(=O)Nc2cccc(Cl)c2)c1C. The second-order valence-corrected chi connectivity index (χ2v) is 5.65. The zero-order valence-electron chi connectivity index (χ0n) is 13.7. The second-order valence-electron chi connectivity index (χ2n) is 5.22. The number of aromatic nitrogens is 1. The van der Waals surface area contributed by atoms with E-state index in [9.17, 15) is 9.59 Å². The minimum Gasteiger partial charge on any atom is -0.460 e. The third-order valence-corrected chi connectivity index (χ3v) is 3.71. The number of halogens is 1. The lowest BCUT2D eigenvalue weighted by Crippen LogP contribution is -2.14. The average Bonchev–Trinajstić information content (AvgIpc) is 2.82. The van der Waals surface area contributed by atoms with Crippen LogP contribution in [-0.2, 0) is 9.47 Å². The van der Waals surface area contributed by atoms with Crippen LogP contribution in [0.25, 0.3) is 0 Å². The van der Waals surface area contributed by atoms with Gasteiger partial charge in [-0.2, -0.15) is 0 Å². The van der Waals surface area contributed by atoms with Gasteiger partial charge in [0.15, 0.2) is 0 Å². The fraction of sp³-hybridized carbons (Fsp3) is 0.294. The van der Waals surface area contributed by atoms with Crippen LogP contribution in [0.4, 0.5) is 5.69 Å². The van der Waals surface area contributed by atoms with Crippen LogP contribution >= 0.6 is 11.6 Å². The number of ether oxygens (including phenoxy) is 2. The lowest BCUT2D eigenvalue weighted by molar-refractivity contribution is 0.0387. The van der Waals surface area contributed by atoms with Crippen molar-refractivity contribution in [3.8, 4) is 0 Å². The third kappa shape index (κ3) is 4.15. The summed E-state index contributed by atoms with van der Waals surface area (Å²) in [5.74, 6) is -0.839. The van der Waals surface area contributed by atoms with Crippen molar-refractivity contribution in [1.82, 2.24) is 4.98 Å². The zero-order chi connectivity index (χ0) is 17.7. The molecular formula is C17H19ClN2O4. The van der Waals surface area contributed by atoms with E-state index >= 15 is 0 Å². The molecule has 7 heteroatoms. The molecule has 2 aromatic rings. The van der Waals surface area contributed by atoms with Gasteiger partial charge in [0.2, 0.25) is 0 Å². The number of carbonyl (C=O) groups excluding carboxylic acids is 2. The summed E-state index contributed by atoms with van der Waals surface area (Å²) >= 11 is 5.91. The molecule has 1 amide bonds. The molecular weight excluding hydrogens is 332 g/mol. The van der Waals surface area contributed by atoms with Crippen LogP contribution in [0.5, 0.6) is 0 Å². The number of esters is 1. The number of aryl methyl sites for hydroxylation is 1. The Labute approximate surface area is 145 Å². The maximum Gasteiger partial charge on any atom is 0.340 e. The summed E-state index contributed by atoms with van der Waals surface area (Å²) < 4.78 is 9.97. The summed E-state index contributed by atoms with van der Waals surface area (Å²) in [5, 5.41) is 3.27. The van der Waals surface area contributed by atoms with Gasteiger partial charge in [0.05, 0.1) is 12.2 Å². The van der Waals surface area contributed by atoms with Gasteiger partial charge in [0.25, 0.3) is 5.91 Å². The van der Waals surface area contributed by atoms with Gasteiger partial charge >= 0.3 is 5.97 Å². The van der Waals surface area contributed by atoms with Crippen LogP contribution in [0.3, 0.4) is 0 Å². The Bertz CT molecular complexity index is 755. The van der Waals surface area contributed by atoms with Gasteiger partial charge in [0.1, 0.15) is 12.3 Å². The number of amides is 1. The Balaban J connectivity index is 2.18. The van der Waals surface area contributed by atoms with Crippen molar-refractivity contribution < 1.29 is 19.1 Å². The topological polar surface area (TPSA) is 80.4 Å². The first-order valence-corrected chi connectivity index (χ1v) is 7.74. The van der Waals surface area contributed by atoms with Crippen LogP contribution in [-0.4, -0.2) is 37.2 Å². The van der Waals surface area contributed by atoms with E-state index in [1.807, 2.05) is 0 Å². The van der Waals surface area contributed by atoms with Gasteiger partial charge < -0.3 is 19.8 Å². The molecule has 2 N–H and O–H groups in total. The number of H-pyrrole nitrogens is 1. The molecule has 0 saturated carbocycles. The Kier molecular flexibility index (Phi) is 6.00. The quantitative estimate of drug-likeness (QED) is 0.618. The van der Waals surface area contributed by atoms with Crippen molar-refractivity contribution in [2.24, 2.45) is 0 Å². The monoisotopic (exact) mass is 350 g/mol. The molecule has 1 aromatic heterocycles. The minimum absolute atomic E-state index is 0.156. The molecule has 0 aliphatic carbocycles. The molecule has 0 aliphatic rings. The Hall–Kier alpha value is -2.31. The van der Waals surface area contributed by atoms with E-state index in [1.54, 1.807) is 38.1 Å². The minimum atomic E-state index is -0.486. The van der Waals surface area contributed by atoms with Gasteiger partial charge in [-0.15, -0.1) is 0 Å². The number of anilines is 1. The molecule has 0 aliphatic heterocycles. The molecule has 1 heterocycles. The van der Waals surface area contributed by atoms with Crippen LogP contribution in [0.15, 0.2) is 24.3 Å². The van der Waals surface area contributed by atoms with Crippen molar-refractivity contribution in [2.75, 3.05) is 25.6 Å². The number of aromatic amines is 1.